The van der Waals surface area contributed by atoms with Crippen LogP contribution in [0.3, 0.4) is 0 Å². The highest BCUT2D eigenvalue weighted by Gasteiger charge is 2.22. The summed E-state index contributed by atoms with van der Waals surface area (Å²) in [6, 6.07) is 7.53. The van der Waals surface area contributed by atoms with Gasteiger partial charge in [0, 0.05) is 17.3 Å². The van der Waals surface area contributed by atoms with Crippen molar-refractivity contribution in [1.29, 1.82) is 0 Å². The van der Waals surface area contributed by atoms with E-state index in [9.17, 15) is 9.59 Å². The number of ether oxygens (including phenoxy) is 1. The number of carbonyl (C=O) groups is 2. The fraction of sp³-hybridized carbons (Fsp3) is 0.333. The van der Waals surface area contributed by atoms with Crippen molar-refractivity contribution in [3.05, 3.63) is 57.4 Å². The van der Waals surface area contributed by atoms with Crippen LogP contribution < -0.4 is 5.32 Å². The third-order valence-electron chi connectivity index (χ3n) is 3.73. The molecule has 0 saturated heterocycles. The number of aromatic amines is 1. The first-order chi connectivity index (χ1) is 11.4. The van der Waals surface area contributed by atoms with E-state index in [1.807, 2.05) is 24.3 Å². The number of aryl methyl sites for hydroxylation is 1. The second kappa shape index (κ2) is 8.02. The van der Waals surface area contributed by atoms with E-state index in [-0.39, 0.29) is 12.5 Å². The predicted octanol–water partition coefficient (Wildman–Crippen LogP) is 3.43. The quantitative estimate of drug-likeness (QED) is 0.785. The molecule has 0 saturated carbocycles. The van der Waals surface area contributed by atoms with Crippen molar-refractivity contribution in [1.82, 2.24) is 10.3 Å². The minimum absolute atomic E-state index is 0.209. The summed E-state index contributed by atoms with van der Waals surface area (Å²) in [6.45, 7) is 6.02. The Morgan fingerprint density at radius 2 is 2.04 bits per heavy atom. The molecule has 1 aromatic carbocycles. The molecule has 0 unspecified atom stereocenters. The monoisotopic (exact) mass is 348 g/mol. The molecule has 1 heterocycles. The summed E-state index contributed by atoms with van der Waals surface area (Å²) in [5, 5.41) is 3.55. The molecule has 0 aliphatic heterocycles. The zero-order valence-corrected chi connectivity index (χ0v) is 14.8. The van der Waals surface area contributed by atoms with Gasteiger partial charge in [-0.15, -0.1) is 0 Å². The number of hydrogen-bond acceptors (Lipinski definition) is 3. The molecular weight excluding hydrogens is 328 g/mol. The van der Waals surface area contributed by atoms with Gasteiger partial charge < -0.3 is 15.0 Å². The van der Waals surface area contributed by atoms with Crippen LogP contribution >= 0.6 is 11.6 Å². The van der Waals surface area contributed by atoms with Gasteiger partial charge in [-0.25, -0.2) is 4.79 Å². The van der Waals surface area contributed by atoms with Crippen LogP contribution in [0.4, 0.5) is 0 Å². The first kappa shape index (κ1) is 18.1. The Balaban J connectivity index is 2.03. The summed E-state index contributed by atoms with van der Waals surface area (Å²) in [6.07, 6.45) is 0.680. The molecule has 0 aliphatic rings. The predicted molar refractivity (Wildman–Crippen MR) is 93.7 cm³/mol. The number of carbonyl (C=O) groups excluding carboxylic acids is 2. The molecule has 2 N–H and O–H groups in total. The number of hydrogen-bond donors (Lipinski definition) is 2. The van der Waals surface area contributed by atoms with Crippen LogP contribution in [-0.2, 0) is 11.2 Å². The highest BCUT2D eigenvalue weighted by Crippen LogP contribution is 2.19. The minimum Gasteiger partial charge on any atom is -0.461 e. The Morgan fingerprint density at radius 3 is 2.71 bits per heavy atom. The van der Waals surface area contributed by atoms with Gasteiger partial charge in [0.25, 0.3) is 5.91 Å². The molecule has 0 bridgehead atoms. The van der Waals surface area contributed by atoms with Crippen molar-refractivity contribution in [2.45, 2.75) is 27.2 Å². The summed E-state index contributed by atoms with van der Waals surface area (Å²) in [7, 11) is 0. The maximum Gasteiger partial charge on any atom is 0.355 e. The van der Waals surface area contributed by atoms with Crippen molar-refractivity contribution >= 4 is 23.5 Å². The minimum atomic E-state index is -0.448. The van der Waals surface area contributed by atoms with E-state index >= 15 is 0 Å². The molecule has 0 spiro atoms. The number of benzene rings is 1. The topological polar surface area (TPSA) is 71.2 Å². The second-order valence-electron chi connectivity index (χ2n) is 5.48. The molecule has 0 radical (unpaired) electrons. The first-order valence-corrected chi connectivity index (χ1v) is 8.20. The highest BCUT2D eigenvalue weighted by molar-refractivity contribution is 6.30. The molecule has 2 aromatic rings. The van der Waals surface area contributed by atoms with Crippen LogP contribution in [0.2, 0.25) is 5.02 Å². The number of nitrogens with one attached hydrogen (secondary N) is 2. The van der Waals surface area contributed by atoms with Gasteiger partial charge in [0.1, 0.15) is 5.69 Å². The third kappa shape index (κ3) is 4.17. The summed E-state index contributed by atoms with van der Waals surface area (Å²) in [5.41, 5.74) is 3.12. The van der Waals surface area contributed by atoms with E-state index in [0.717, 1.165) is 5.56 Å². The molecule has 1 amide bonds. The van der Waals surface area contributed by atoms with Crippen LogP contribution in [0.25, 0.3) is 0 Å². The fourth-order valence-electron chi connectivity index (χ4n) is 2.60. The van der Waals surface area contributed by atoms with Gasteiger partial charge >= 0.3 is 5.97 Å². The third-order valence-corrected chi connectivity index (χ3v) is 3.97. The Hall–Kier alpha value is -2.27. The van der Waals surface area contributed by atoms with Gasteiger partial charge in [0.2, 0.25) is 0 Å². The number of halogens is 1. The van der Waals surface area contributed by atoms with Gasteiger partial charge in [-0.2, -0.15) is 0 Å². The van der Waals surface area contributed by atoms with Crippen LogP contribution in [0.5, 0.6) is 0 Å². The summed E-state index contributed by atoms with van der Waals surface area (Å²) >= 11 is 5.95. The first-order valence-electron chi connectivity index (χ1n) is 7.83. The van der Waals surface area contributed by atoms with Gasteiger partial charge in [0.15, 0.2) is 0 Å². The molecule has 24 heavy (non-hydrogen) atoms. The highest BCUT2D eigenvalue weighted by atomic mass is 35.5. The Labute approximate surface area is 146 Å². The second-order valence-corrected chi connectivity index (χ2v) is 5.92. The maximum absolute atomic E-state index is 12.4. The Bertz CT molecular complexity index is 753. The molecule has 0 aliphatic carbocycles. The SMILES string of the molecule is CCOC(=O)c1[nH]c(C)c(C(=O)NCCc2cccc(Cl)c2)c1C. The number of amides is 1. The summed E-state index contributed by atoms with van der Waals surface area (Å²) in [5.74, 6) is -0.657. The zero-order chi connectivity index (χ0) is 17.7. The van der Waals surface area contributed by atoms with Crippen LogP contribution in [-0.4, -0.2) is 30.0 Å². The number of rotatable bonds is 6. The number of H-pyrrole nitrogens is 1. The lowest BCUT2D eigenvalue weighted by Crippen LogP contribution is -2.26. The lowest BCUT2D eigenvalue weighted by molar-refractivity contribution is 0.0519. The van der Waals surface area contributed by atoms with Crippen molar-refractivity contribution < 1.29 is 14.3 Å². The largest absolute Gasteiger partial charge is 0.461 e. The van der Waals surface area contributed by atoms with Gasteiger partial charge in [-0.05, 0) is 50.5 Å². The van der Waals surface area contributed by atoms with E-state index in [1.54, 1.807) is 20.8 Å². The summed E-state index contributed by atoms with van der Waals surface area (Å²) in [4.78, 5) is 27.3. The number of esters is 1. The van der Waals surface area contributed by atoms with E-state index in [2.05, 4.69) is 10.3 Å². The molecule has 1 aromatic heterocycles. The smallest absolute Gasteiger partial charge is 0.355 e. The lowest BCUT2D eigenvalue weighted by atomic mass is 10.1. The standard InChI is InChI=1S/C18H21ClN2O3/c1-4-24-18(23)16-11(2)15(12(3)21-16)17(22)20-9-8-13-6-5-7-14(19)10-13/h5-7,10,21H,4,8-9H2,1-3H3,(H,20,22). The van der Waals surface area contributed by atoms with Crippen molar-refractivity contribution in [3.8, 4) is 0 Å². The molecule has 5 nitrogen and oxygen atoms in total. The zero-order valence-electron chi connectivity index (χ0n) is 14.0. The van der Waals surface area contributed by atoms with Gasteiger partial charge in [-0.1, -0.05) is 23.7 Å². The lowest BCUT2D eigenvalue weighted by Gasteiger charge is -2.07. The van der Waals surface area contributed by atoms with E-state index < -0.39 is 5.97 Å². The Kier molecular flexibility index (Phi) is 6.04. The summed E-state index contributed by atoms with van der Waals surface area (Å²) < 4.78 is 4.99. The van der Waals surface area contributed by atoms with E-state index in [0.29, 0.717) is 40.5 Å². The van der Waals surface area contributed by atoms with Crippen LogP contribution in [0.1, 0.15) is 44.6 Å². The average molecular weight is 349 g/mol. The molecule has 0 atom stereocenters. The molecule has 2 rings (SSSR count). The average Bonchev–Trinajstić information content (AvgIpc) is 2.82. The molecule has 0 fully saturated rings. The van der Waals surface area contributed by atoms with Crippen LogP contribution in [0, 0.1) is 13.8 Å². The Morgan fingerprint density at radius 1 is 1.29 bits per heavy atom. The molecular formula is C18H21ClN2O3. The maximum atomic E-state index is 12.4. The van der Waals surface area contributed by atoms with Crippen molar-refractivity contribution in [3.63, 3.8) is 0 Å². The normalized spacial score (nSPS) is 10.5. The van der Waals surface area contributed by atoms with Gasteiger partial charge in [0.05, 0.1) is 12.2 Å². The fourth-order valence-corrected chi connectivity index (χ4v) is 2.81. The van der Waals surface area contributed by atoms with E-state index in [4.69, 9.17) is 16.3 Å². The molecule has 6 heteroatoms. The number of aromatic nitrogens is 1. The van der Waals surface area contributed by atoms with Gasteiger partial charge in [-0.3, -0.25) is 4.79 Å². The van der Waals surface area contributed by atoms with Crippen molar-refractivity contribution in [2.24, 2.45) is 0 Å². The molecule has 128 valence electrons. The van der Waals surface area contributed by atoms with Crippen molar-refractivity contribution in [2.75, 3.05) is 13.2 Å². The van der Waals surface area contributed by atoms with Crippen LogP contribution in [0.15, 0.2) is 24.3 Å². The van der Waals surface area contributed by atoms with E-state index in [1.165, 1.54) is 0 Å².